The molecule has 0 spiro atoms. The van der Waals surface area contributed by atoms with Crippen molar-refractivity contribution in [2.75, 3.05) is 13.1 Å². The number of hydrogen-bond donors (Lipinski definition) is 6. The van der Waals surface area contributed by atoms with Gasteiger partial charge in [0.1, 0.15) is 18.1 Å². The second kappa shape index (κ2) is 14.2. The summed E-state index contributed by atoms with van der Waals surface area (Å²) in [7, 11) is 0. The molecule has 4 atom stereocenters. The second-order valence-electron chi connectivity index (χ2n) is 9.56. The summed E-state index contributed by atoms with van der Waals surface area (Å²) in [6.07, 6.45) is 1.93. The molecular formula is C25H39N7O5. The zero-order chi connectivity index (χ0) is 27.5. The van der Waals surface area contributed by atoms with Crippen LogP contribution in [0.25, 0.3) is 0 Å². The van der Waals surface area contributed by atoms with E-state index < -0.39 is 42.0 Å². The van der Waals surface area contributed by atoms with Gasteiger partial charge in [-0.3, -0.25) is 19.4 Å². The highest BCUT2D eigenvalue weighted by atomic mass is 16.4. The minimum absolute atomic E-state index is 0.0947. The van der Waals surface area contributed by atoms with Gasteiger partial charge >= 0.3 is 5.97 Å². The average Bonchev–Trinajstić information content (AvgIpc) is 3.33. The smallest absolute Gasteiger partial charge is 0.326 e. The summed E-state index contributed by atoms with van der Waals surface area (Å²) in [4.78, 5) is 56.3. The van der Waals surface area contributed by atoms with Crippen LogP contribution in [-0.2, 0) is 25.6 Å². The highest BCUT2D eigenvalue weighted by Gasteiger charge is 2.38. The molecule has 0 radical (unpaired) electrons. The molecule has 1 saturated heterocycles. The molecule has 0 bridgehead atoms. The van der Waals surface area contributed by atoms with Gasteiger partial charge in [0.25, 0.3) is 0 Å². The molecule has 2 rings (SSSR count). The number of aliphatic carboxylic acids is 1. The van der Waals surface area contributed by atoms with Crippen molar-refractivity contribution >= 4 is 29.7 Å². The molecule has 12 nitrogen and oxygen atoms in total. The zero-order valence-electron chi connectivity index (χ0n) is 21.4. The number of carboxylic acids is 1. The number of hydrogen-bond acceptors (Lipinski definition) is 6. The van der Waals surface area contributed by atoms with E-state index in [1.807, 2.05) is 30.3 Å². The predicted octanol–water partition coefficient (Wildman–Crippen LogP) is -0.689. The van der Waals surface area contributed by atoms with Crippen molar-refractivity contribution in [3.63, 3.8) is 0 Å². The number of carbonyl (C=O) groups excluding carboxylic acids is 3. The fourth-order valence-electron chi connectivity index (χ4n) is 4.28. The van der Waals surface area contributed by atoms with Gasteiger partial charge in [-0.25, -0.2) is 4.79 Å². The Balaban J connectivity index is 2.10. The van der Waals surface area contributed by atoms with Crippen LogP contribution in [0.4, 0.5) is 0 Å². The Bertz CT molecular complexity index is 965. The van der Waals surface area contributed by atoms with Crippen molar-refractivity contribution in [1.29, 1.82) is 0 Å². The number of amides is 3. The van der Waals surface area contributed by atoms with Gasteiger partial charge in [-0.2, -0.15) is 0 Å². The fraction of sp³-hybridized carbons (Fsp3) is 0.560. The first kappa shape index (κ1) is 29.6. The molecule has 12 heteroatoms. The molecule has 1 aliphatic rings. The summed E-state index contributed by atoms with van der Waals surface area (Å²) in [5.74, 6) is -3.09. The number of rotatable bonds is 13. The molecule has 1 aromatic carbocycles. The Morgan fingerprint density at radius 1 is 1.14 bits per heavy atom. The van der Waals surface area contributed by atoms with Gasteiger partial charge in [-0.15, -0.1) is 0 Å². The minimum Gasteiger partial charge on any atom is -0.480 e. The number of nitrogens with one attached hydrogen (secondary N) is 2. The Kier molecular flexibility index (Phi) is 11.3. The van der Waals surface area contributed by atoms with Gasteiger partial charge in [0, 0.05) is 13.1 Å². The van der Waals surface area contributed by atoms with Crippen LogP contribution < -0.4 is 27.8 Å². The standard InChI is InChI=1S/C25H39N7O5/c1-15(2)20(24(36)37)31-21(33)18(10-6-12-29-25(27)28)30-22(34)19-11-7-13-32(19)23(35)17(26)14-16-8-4-3-5-9-16/h3-5,8-9,15,17-20H,6-7,10-14,26H2,1-2H3,(H,30,34)(H,31,33)(H,36,37)(H4,27,28,29). The molecule has 0 aromatic heterocycles. The van der Waals surface area contributed by atoms with Crippen molar-refractivity contribution in [1.82, 2.24) is 15.5 Å². The third-order valence-corrected chi connectivity index (χ3v) is 6.26. The molecule has 1 fully saturated rings. The van der Waals surface area contributed by atoms with Crippen LogP contribution in [0, 0.1) is 5.92 Å². The molecule has 3 amide bonds. The minimum atomic E-state index is -1.17. The summed E-state index contributed by atoms with van der Waals surface area (Å²) in [5, 5.41) is 14.7. The first-order valence-corrected chi connectivity index (χ1v) is 12.5. The maximum Gasteiger partial charge on any atom is 0.326 e. The number of nitrogens with zero attached hydrogens (tertiary/aromatic N) is 2. The molecule has 204 valence electrons. The van der Waals surface area contributed by atoms with Gasteiger partial charge < -0.3 is 37.8 Å². The summed E-state index contributed by atoms with van der Waals surface area (Å²) in [6.45, 7) is 3.96. The SMILES string of the molecule is CC(C)C(NC(=O)C(CCCN=C(N)N)NC(=O)C1CCCN1C(=O)C(N)Cc1ccccc1)C(=O)O. The van der Waals surface area contributed by atoms with Crippen LogP contribution >= 0.6 is 0 Å². The first-order valence-electron chi connectivity index (χ1n) is 12.5. The van der Waals surface area contributed by atoms with E-state index in [0.717, 1.165) is 5.56 Å². The summed E-state index contributed by atoms with van der Waals surface area (Å²) in [6, 6.07) is 5.64. The van der Waals surface area contributed by atoms with Gasteiger partial charge in [0.15, 0.2) is 5.96 Å². The predicted molar refractivity (Wildman–Crippen MR) is 139 cm³/mol. The zero-order valence-corrected chi connectivity index (χ0v) is 21.4. The number of benzene rings is 1. The van der Waals surface area contributed by atoms with Crippen molar-refractivity contribution in [2.24, 2.45) is 28.1 Å². The maximum atomic E-state index is 13.2. The van der Waals surface area contributed by atoms with Crippen LogP contribution in [-0.4, -0.2) is 76.9 Å². The summed E-state index contributed by atoms with van der Waals surface area (Å²) >= 11 is 0. The van der Waals surface area contributed by atoms with E-state index in [4.69, 9.17) is 17.2 Å². The molecular weight excluding hydrogens is 478 g/mol. The lowest BCUT2D eigenvalue weighted by Crippen LogP contribution is -2.57. The van der Waals surface area contributed by atoms with Crippen LogP contribution in [0.5, 0.6) is 0 Å². The van der Waals surface area contributed by atoms with Crippen molar-refractivity contribution in [2.45, 2.75) is 70.1 Å². The normalized spacial score (nSPS) is 17.5. The number of guanidine groups is 1. The number of aliphatic imine (C=N–C) groups is 1. The van der Waals surface area contributed by atoms with E-state index in [9.17, 15) is 24.3 Å². The van der Waals surface area contributed by atoms with E-state index in [1.165, 1.54) is 4.90 Å². The number of nitrogens with two attached hydrogens (primary N) is 3. The van der Waals surface area contributed by atoms with E-state index in [-0.39, 0.29) is 30.8 Å². The maximum absolute atomic E-state index is 13.2. The molecule has 1 aliphatic heterocycles. The number of carbonyl (C=O) groups is 4. The molecule has 0 aliphatic carbocycles. The Morgan fingerprint density at radius 2 is 1.81 bits per heavy atom. The first-order chi connectivity index (χ1) is 17.5. The van der Waals surface area contributed by atoms with Gasteiger partial charge in [-0.05, 0) is 43.6 Å². The highest BCUT2D eigenvalue weighted by molar-refractivity contribution is 5.94. The Hall–Kier alpha value is -3.67. The van der Waals surface area contributed by atoms with Gasteiger partial charge in [-0.1, -0.05) is 44.2 Å². The quantitative estimate of drug-likeness (QED) is 0.112. The van der Waals surface area contributed by atoms with E-state index in [0.29, 0.717) is 32.2 Å². The van der Waals surface area contributed by atoms with Crippen LogP contribution in [0.15, 0.2) is 35.3 Å². The molecule has 1 heterocycles. The molecule has 9 N–H and O–H groups in total. The van der Waals surface area contributed by atoms with E-state index in [2.05, 4.69) is 15.6 Å². The van der Waals surface area contributed by atoms with Crippen LogP contribution in [0.2, 0.25) is 0 Å². The van der Waals surface area contributed by atoms with Gasteiger partial charge in [0.05, 0.1) is 6.04 Å². The topological polar surface area (TPSA) is 206 Å². The van der Waals surface area contributed by atoms with Crippen LogP contribution in [0.1, 0.15) is 45.1 Å². The lowest BCUT2D eigenvalue weighted by Gasteiger charge is -2.29. The average molecular weight is 518 g/mol. The monoisotopic (exact) mass is 517 g/mol. The van der Waals surface area contributed by atoms with Crippen LogP contribution in [0.3, 0.4) is 0 Å². The highest BCUT2D eigenvalue weighted by Crippen LogP contribution is 2.20. The third kappa shape index (κ3) is 9.05. The van der Waals surface area contributed by atoms with Crippen molar-refractivity contribution in [3.8, 4) is 0 Å². The van der Waals surface area contributed by atoms with Crippen molar-refractivity contribution in [3.05, 3.63) is 35.9 Å². The second-order valence-corrected chi connectivity index (χ2v) is 9.56. The van der Waals surface area contributed by atoms with E-state index in [1.54, 1.807) is 13.8 Å². The Labute approximate surface area is 217 Å². The summed E-state index contributed by atoms with van der Waals surface area (Å²) < 4.78 is 0. The molecule has 0 saturated carbocycles. The third-order valence-electron chi connectivity index (χ3n) is 6.26. The lowest BCUT2D eigenvalue weighted by atomic mass is 10.0. The largest absolute Gasteiger partial charge is 0.480 e. The fourth-order valence-corrected chi connectivity index (χ4v) is 4.28. The number of carboxylic acid groups (broad SMARTS) is 1. The number of likely N-dealkylation sites (tertiary alicyclic amines) is 1. The summed E-state index contributed by atoms with van der Waals surface area (Å²) in [5.41, 5.74) is 17.8. The van der Waals surface area contributed by atoms with Crippen molar-refractivity contribution < 1.29 is 24.3 Å². The molecule has 1 aromatic rings. The van der Waals surface area contributed by atoms with E-state index >= 15 is 0 Å². The Morgan fingerprint density at radius 3 is 2.41 bits per heavy atom. The lowest BCUT2D eigenvalue weighted by molar-refractivity contribution is -0.144. The molecule has 37 heavy (non-hydrogen) atoms. The van der Waals surface area contributed by atoms with Gasteiger partial charge in [0.2, 0.25) is 17.7 Å². The molecule has 4 unspecified atom stereocenters.